The van der Waals surface area contributed by atoms with Crippen molar-refractivity contribution in [2.45, 2.75) is 32.8 Å². The maximum atomic E-state index is 8.73. The van der Waals surface area contributed by atoms with Gasteiger partial charge < -0.3 is 5.11 Å². The van der Waals surface area contributed by atoms with E-state index < -0.39 is 0 Å². The van der Waals surface area contributed by atoms with E-state index in [9.17, 15) is 0 Å². The fourth-order valence-corrected chi connectivity index (χ4v) is 0.460. The van der Waals surface area contributed by atoms with Gasteiger partial charge in [0, 0.05) is 0 Å². The quantitative estimate of drug-likeness (QED) is 0.554. The third-order valence-corrected chi connectivity index (χ3v) is 0.880. The summed E-state index contributed by atoms with van der Waals surface area (Å²) in [5, 5.41) is 8.73. The summed E-state index contributed by atoms with van der Waals surface area (Å²) in [5.74, 6) is 0. The fourth-order valence-electron chi connectivity index (χ4n) is 0.460. The first-order valence-electron chi connectivity index (χ1n) is 3.10. The van der Waals surface area contributed by atoms with Gasteiger partial charge in [0.25, 0.3) is 0 Å². The predicted octanol–water partition coefficient (Wildman–Crippen LogP) is 1.72. The topological polar surface area (TPSA) is 20.2 Å². The number of hydrogen-bond donors (Lipinski definition) is 1. The van der Waals surface area contributed by atoms with Crippen LogP contribution in [-0.2, 0) is 0 Å². The Morgan fingerprint density at radius 2 is 2.12 bits per heavy atom. The summed E-state index contributed by atoms with van der Waals surface area (Å²) in [6.07, 6.45) is 5.73. The standard InChI is InChI=1S/C7H14O/c1-3-4-5-6-7(2)8/h4-5,7-8H,3,6H2,1-2H3/b5-4+/t7-/m0/s1. The van der Waals surface area contributed by atoms with E-state index in [4.69, 9.17) is 5.11 Å². The predicted molar refractivity (Wildman–Crippen MR) is 35.7 cm³/mol. The molecule has 0 aromatic carbocycles. The first-order valence-corrected chi connectivity index (χ1v) is 3.10. The zero-order chi connectivity index (χ0) is 6.41. The lowest BCUT2D eigenvalue weighted by Gasteiger charge is -1.94. The first kappa shape index (κ1) is 7.70. The molecule has 48 valence electrons. The van der Waals surface area contributed by atoms with Gasteiger partial charge in [0.15, 0.2) is 0 Å². The van der Waals surface area contributed by atoms with E-state index >= 15 is 0 Å². The van der Waals surface area contributed by atoms with Gasteiger partial charge in [0.1, 0.15) is 0 Å². The molecule has 0 aliphatic rings. The van der Waals surface area contributed by atoms with Crippen molar-refractivity contribution < 1.29 is 5.11 Å². The van der Waals surface area contributed by atoms with Crippen LogP contribution in [0.2, 0.25) is 0 Å². The molecule has 8 heavy (non-hydrogen) atoms. The Morgan fingerprint density at radius 1 is 1.50 bits per heavy atom. The van der Waals surface area contributed by atoms with E-state index in [-0.39, 0.29) is 6.10 Å². The van der Waals surface area contributed by atoms with Gasteiger partial charge in [-0.3, -0.25) is 0 Å². The summed E-state index contributed by atoms with van der Waals surface area (Å²) in [4.78, 5) is 0. The molecule has 0 bridgehead atoms. The molecule has 0 aliphatic carbocycles. The Hall–Kier alpha value is -0.300. The van der Waals surface area contributed by atoms with Crippen molar-refractivity contribution in [2.24, 2.45) is 0 Å². The van der Waals surface area contributed by atoms with Crippen LogP contribution in [0, 0.1) is 0 Å². The van der Waals surface area contributed by atoms with E-state index in [0.717, 1.165) is 12.8 Å². The Labute approximate surface area is 51.0 Å². The molecule has 0 aromatic rings. The van der Waals surface area contributed by atoms with Gasteiger partial charge >= 0.3 is 0 Å². The molecule has 0 spiro atoms. The van der Waals surface area contributed by atoms with Crippen molar-refractivity contribution in [2.75, 3.05) is 0 Å². The summed E-state index contributed by atoms with van der Waals surface area (Å²) in [7, 11) is 0. The second-order valence-electron chi connectivity index (χ2n) is 1.96. The van der Waals surface area contributed by atoms with Crippen LogP contribution in [0.5, 0.6) is 0 Å². The average Bonchev–Trinajstić information content (AvgIpc) is 1.66. The van der Waals surface area contributed by atoms with Crippen LogP contribution in [0.4, 0.5) is 0 Å². The van der Waals surface area contributed by atoms with E-state index in [1.54, 1.807) is 6.92 Å². The van der Waals surface area contributed by atoms with Crippen molar-refractivity contribution in [1.29, 1.82) is 0 Å². The average molecular weight is 114 g/mol. The van der Waals surface area contributed by atoms with Gasteiger partial charge in [-0.15, -0.1) is 0 Å². The number of aliphatic hydroxyl groups is 1. The second kappa shape index (κ2) is 4.85. The zero-order valence-corrected chi connectivity index (χ0v) is 5.59. The van der Waals surface area contributed by atoms with Crippen LogP contribution in [0.15, 0.2) is 12.2 Å². The Kier molecular flexibility index (Phi) is 4.67. The van der Waals surface area contributed by atoms with Crippen LogP contribution >= 0.6 is 0 Å². The molecule has 0 saturated heterocycles. The molecule has 0 unspecified atom stereocenters. The largest absolute Gasteiger partial charge is 0.393 e. The lowest BCUT2D eigenvalue weighted by Crippen LogP contribution is -1.94. The van der Waals surface area contributed by atoms with Crippen LogP contribution in [0.3, 0.4) is 0 Å². The van der Waals surface area contributed by atoms with E-state index in [0.29, 0.717) is 0 Å². The molecule has 0 aliphatic heterocycles. The molecule has 1 nitrogen and oxygen atoms in total. The molecule has 0 amide bonds. The fraction of sp³-hybridized carbons (Fsp3) is 0.714. The highest BCUT2D eigenvalue weighted by molar-refractivity contribution is 4.81. The second-order valence-corrected chi connectivity index (χ2v) is 1.96. The molecule has 0 aromatic heterocycles. The molecule has 0 heterocycles. The molecular weight excluding hydrogens is 100 g/mol. The maximum Gasteiger partial charge on any atom is 0.0546 e. The molecule has 0 rings (SSSR count). The van der Waals surface area contributed by atoms with Gasteiger partial charge in [-0.25, -0.2) is 0 Å². The summed E-state index contributed by atoms with van der Waals surface area (Å²) in [6, 6.07) is 0. The molecule has 0 radical (unpaired) electrons. The lowest BCUT2D eigenvalue weighted by atomic mass is 10.2. The number of hydrogen-bond acceptors (Lipinski definition) is 1. The van der Waals surface area contributed by atoms with Crippen LogP contribution < -0.4 is 0 Å². The Bertz CT molecular complexity index is 64.8. The maximum absolute atomic E-state index is 8.73. The van der Waals surface area contributed by atoms with Crippen molar-refractivity contribution in [3.05, 3.63) is 12.2 Å². The molecular formula is C7H14O. The van der Waals surface area contributed by atoms with Crippen molar-refractivity contribution in [3.63, 3.8) is 0 Å². The lowest BCUT2D eigenvalue weighted by molar-refractivity contribution is 0.198. The van der Waals surface area contributed by atoms with Gasteiger partial charge in [0.05, 0.1) is 6.10 Å². The molecule has 1 atom stereocenters. The molecule has 1 N–H and O–H groups in total. The summed E-state index contributed by atoms with van der Waals surface area (Å²) < 4.78 is 0. The number of allylic oxidation sites excluding steroid dienone is 1. The zero-order valence-electron chi connectivity index (χ0n) is 5.59. The summed E-state index contributed by atoms with van der Waals surface area (Å²) in [6.45, 7) is 3.87. The van der Waals surface area contributed by atoms with Crippen molar-refractivity contribution in [3.8, 4) is 0 Å². The minimum absolute atomic E-state index is 0.183. The minimum atomic E-state index is -0.183. The summed E-state index contributed by atoms with van der Waals surface area (Å²) in [5.41, 5.74) is 0. The molecule has 1 heteroatoms. The van der Waals surface area contributed by atoms with Crippen LogP contribution in [0.25, 0.3) is 0 Å². The summed E-state index contributed by atoms with van der Waals surface area (Å²) >= 11 is 0. The number of aliphatic hydroxyl groups excluding tert-OH is 1. The molecule has 0 fully saturated rings. The highest BCUT2D eigenvalue weighted by atomic mass is 16.3. The monoisotopic (exact) mass is 114 g/mol. The number of rotatable bonds is 3. The Balaban J connectivity index is 3.03. The van der Waals surface area contributed by atoms with Crippen molar-refractivity contribution in [1.82, 2.24) is 0 Å². The smallest absolute Gasteiger partial charge is 0.0546 e. The van der Waals surface area contributed by atoms with Gasteiger partial charge in [0.2, 0.25) is 0 Å². The molecule has 0 saturated carbocycles. The van der Waals surface area contributed by atoms with Gasteiger partial charge in [-0.05, 0) is 19.8 Å². The van der Waals surface area contributed by atoms with Crippen LogP contribution in [0.1, 0.15) is 26.7 Å². The SMILES string of the molecule is CC/C=C/C[C@H](C)O. The third kappa shape index (κ3) is 5.70. The Morgan fingerprint density at radius 3 is 2.50 bits per heavy atom. The van der Waals surface area contributed by atoms with E-state index in [2.05, 4.69) is 13.0 Å². The van der Waals surface area contributed by atoms with Gasteiger partial charge in [-0.2, -0.15) is 0 Å². The van der Waals surface area contributed by atoms with E-state index in [1.807, 2.05) is 6.08 Å². The normalized spacial score (nSPS) is 14.9. The van der Waals surface area contributed by atoms with Crippen molar-refractivity contribution >= 4 is 0 Å². The van der Waals surface area contributed by atoms with Gasteiger partial charge in [-0.1, -0.05) is 19.1 Å². The minimum Gasteiger partial charge on any atom is -0.393 e. The highest BCUT2D eigenvalue weighted by Gasteiger charge is 1.86. The van der Waals surface area contributed by atoms with E-state index in [1.165, 1.54) is 0 Å². The van der Waals surface area contributed by atoms with Crippen LogP contribution in [-0.4, -0.2) is 11.2 Å². The third-order valence-electron chi connectivity index (χ3n) is 0.880. The highest BCUT2D eigenvalue weighted by Crippen LogP contribution is 1.91. The first-order chi connectivity index (χ1) is 3.77.